The summed E-state index contributed by atoms with van der Waals surface area (Å²) in [6.45, 7) is 6.43. The minimum atomic E-state index is -0.265. The van der Waals surface area contributed by atoms with Crippen molar-refractivity contribution in [3.63, 3.8) is 0 Å². The number of guanidine groups is 1. The topological polar surface area (TPSA) is 78.7 Å². The van der Waals surface area contributed by atoms with E-state index in [2.05, 4.69) is 51.6 Å². The highest BCUT2D eigenvalue weighted by Gasteiger charge is 2.09. The van der Waals surface area contributed by atoms with E-state index in [1.165, 1.54) is 11.8 Å². The molecule has 6 nitrogen and oxygen atoms in total. The zero-order chi connectivity index (χ0) is 20.5. The number of furan rings is 1. The van der Waals surface area contributed by atoms with E-state index in [1.54, 1.807) is 23.5 Å². The van der Waals surface area contributed by atoms with E-state index in [0.29, 0.717) is 18.2 Å². The highest BCUT2D eigenvalue weighted by Crippen LogP contribution is 2.17. The number of nitrogens with zero attached hydrogens (tertiary/aromatic N) is 1. The van der Waals surface area contributed by atoms with Gasteiger partial charge in [-0.15, -0.1) is 0 Å². The highest BCUT2D eigenvalue weighted by molar-refractivity contribution is 7.07. The van der Waals surface area contributed by atoms with Crippen molar-refractivity contribution >= 4 is 28.9 Å². The fourth-order valence-electron chi connectivity index (χ4n) is 2.73. The molecule has 1 unspecified atom stereocenters. The van der Waals surface area contributed by atoms with Gasteiger partial charge in [0.05, 0.1) is 12.8 Å². The monoisotopic (exact) mass is 410 g/mol. The highest BCUT2D eigenvalue weighted by atomic mass is 32.1. The molecular weight excluding hydrogens is 384 g/mol. The molecule has 152 valence electrons. The average molecular weight is 411 g/mol. The van der Waals surface area contributed by atoms with Gasteiger partial charge in [0.25, 0.3) is 5.91 Å². The first-order valence-electron chi connectivity index (χ1n) is 9.63. The van der Waals surface area contributed by atoms with Gasteiger partial charge in [0.1, 0.15) is 0 Å². The Bertz CT molecular complexity index is 903. The number of carbonyl (C=O) groups excluding carboxylic acids is 1. The molecule has 1 aromatic carbocycles. The SMILES string of the molecule is CCNC(=NCc1ccc(NC(=O)c2ccco2)cc1)NCC(C)c1ccsc1. The van der Waals surface area contributed by atoms with Crippen LogP contribution in [0.4, 0.5) is 5.69 Å². The largest absolute Gasteiger partial charge is 0.459 e. The van der Waals surface area contributed by atoms with Crippen LogP contribution in [-0.4, -0.2) is 25.0 Å². The van der Waals surface area contributed by atoms with Gasteiger partial charge in [-0.05, 0) is 65.1 Å². The van der Waals surface area contributed by atoms with Crippen LogP contribution < -0.4 is 16.0 Å². The van der Waals surface area contributed by atoms with Gasteiger partial charge < -0.3 is 20.4 Å². The number of aliphatic imine (C=N–C) groups is 1. The Morgan fingerprint density at radius 2 is 2.00 bits per heavy atom. The summed E-state index contributed by atoms with van der Waals surface area (Å²) in [5, 5.41) is 13.8. The fourth-order valence-corrected chi connectivity index (χ4v) is 3.51. The van der Waals surface area contributed by atoms with E-state index in [4.69, 9.17) is 4.42 Å². The molecule has 7 heteroatoms. The second-order valence-corrected chi connectivity index (χ2v) is 7.44. The lowest BCUT2D eigenvalue weighted by molar-refractivity contribution is 0.0996. The molecule has 29 heavy (non-hydrogen) atoms. The lowest BCUT2D eigenvalue weighted by Gasteiger charge is -2.15. The van der Waals surface area contributed by atoms with Crippen LogP contribution >= 0.6 is 11.3 Å². The zero-order valence-corrected chi connectivity index (χ0v) is 17.5. The summed E-state index contributed by atoms with van der Waals surface area (Å²) in [4.78, 5) is 16.7. The summed E-state index contributed by atoms with van der Waals surface area (Å²) < 4.78 is 5.10. The Hall–Kier alpha value is -3.06. The van der Waals surface area contributed by atoms with Crippen LogP contribution in [0.15, 0.2) is 68.9 Å². The van der Waals surface area contributed by atoms with Crippen molar-refractivity contribution in [3.05, 3.63) is 76.4 Å². The van der Waals surface area contributed by atoms with E-state index in [9.17, 15) is 4.79 Å². The van der Waals surface area contributed by atoms with Gasteiger partial charge in [0.2, 0.25) is 0 Å². The molecule has 0 saturated heterocycles. The standard InChI is InChI=1S/C22H26N4O2S/c1-3-23-22(24-13-16(2)18-10-12-29-15-18)25-14-17-6-8-19(9-7-17)26-21(27)20-5-4-11-28-20/h4-12,15-16H,3,13-14H2,1-2H3,(H,26,27)(H2,23,24,25). The molecule has 1 atom stereocenters. The molecule has 0 aliphatic rings. The molecule has 3 N–H and O–H groups in total. The van der Waals surface area contributed by atoms with Crippen LogP contribution in [0.25, 0.3) is 0 Å². The van der Waals surface area contributed by atoms with Crippen LogP contribution in [0.1, 0.15) is 41.4 Å². The smallest absolute Gasteiger partial charge is 0.291 e. The molecule has 0 bridgehead atoms. The Morgan fingerprint density at radius 3 is 2.66 bits per heavy atom. The Morgan fingerprint density at radius 1 is 1.17 bits per heavy atom. The molecule has 2 heterocycles. The molecule has 3 rings (SSSR count). The van der Waals surface area contributed by atoms with Gasteiger partial charge in [0, 0.05) is 18.8 Å². The minimum absolute atomic E-state index is 0.265. The fraction of sp³-hybridized carbons (Fsp3) is 0.273. The molecule has 2 aromatic heterocycles. The molecule has 0 aliphatic heterocycles. The number of benzene rings is 1. The molecule has 0 spiro atoms. The lowest BCUT2D eigenvalue weighted by Crippen LogP contribution is -2.39. The first kappa shape index (κ1) is 20.7. The van der Waals surface area contributed by atoms with Crippen LogP contribution in [0.3, 0.4) is 0 Å². The average Bonchev–Trinajstić information content (AvgIpc) is 3.45. The molecule has 3 aromatic rings. The van der Waals surface area contributed by atoms with E-state index < -0.39 is 0 Å². The van der Waals surface area contributed by atoms with Gasteiger partial charge >= 0.3 is 0 Å². The number of nitrogens with one attached hydrogen (secondary N) is 3. The Labute approximate surface area is 175 Å². The van der Waals surface area contributed by atoms with Crippen LogP contribution in [-0.2, 0) is 6.54 Å². The molecule has 0 fully saturated rings. The number of amides is 1. The van der Waals surface area contributed by atoms with Crippen molar-refractivity contribution in [2.45, 2.75) is 26.3 Å². The molecule has 0 radical (unpaired) electrons. The van der Waals surface area contributed by atoms with Crippen molar-refractivity contribution < 1.29 is 9.21 Å². The van der Waals surface area contributed by atoms with Gasteiger partial charge in [-0.2, -0.15) is 11.3 Å². The van der Waals surface area contributed by atoms with Crippen LogP contribution in [0.5, 0.6) is 0 Å². The zero-order valence-electron chi connectivity index (χ0n) is 16.6. The number of hydrogen-bond donors (Lipinski definition) is 3. The number of rotatable bonds is 8. The first-order valence-corrected chi connectivity index (χ1v) is 10.6. The van der Waals surface area contributed by atoms with E-state index in [0.717, 1.165) is 24.6 Å². The van der Waals surface area contributed by atoms with Gasteiger partial charge in [-0.3, -0.25) is 4.79 Å². The summed E-state index contributed by atoms with van der Waals surface area (Å²) in [6, 6.07) is 13.1. The summed E-state index contributed by atoms with van der Waals surface area (Å²) in [6.07, 6.45) is 1.48. The number of carbonyl (C=O) groups is 1. The predicted octanol–water partition coefficient (Wildman–Crippen LogP) is 4.45. The van der Waals surface area contributed by atoms with Gasteiger partial charge in [-0.1, -0.05) is 19.1 Å². The van der Waals surface area contributed by atoms with Crippen molar-refractivity contribution in [3.8, 4) is 0 Å². The molecule has 1 amide bonds. The second-order valence-electron chi connectivity index (χ2n) is 6.66. The number of anilines is 1. The molecular formula is C22H26N4O2S. The van der Waals surface area contributed by atoms with Crippen molar-refractivity contribution in [1.29, 1.82) is 0 Å². The van der Waals surface area contributed by atoms with E-state index >= 15 is 0 Å². The Kier molecular flexibility index (Phi) is 7.47. The third-order valence-electron chi connectivity index (χ3n) is 4.41. The first-order chi connectivity index (χ1) is 14.2. The molecule has 0 saturated carbocycles. The van der Waals surface area contributed by atoms with Gasteiger partial charge in [0.15, 0.2) is 11.7 Å². The Balaban J connectivity index is 1.53. The maximum Gasteiger partial charge on any atom is 0.291 e. The summed E-state index contributed by atoms with van der Waals surface area (Å²) in [5.41, 5.74) is 3.11. The van der Waals surface area contributed by atoms with E-state index in [1.807, 2.05) is 24.3 Å². The molecule has 0 aliphatic carbocycles. The van der Waals surface area contributed by atoms with Crippen molar-refractivity contribution in [1.82, 2.24) is 10.6 Å². The van der Waals surface area contributed by atoms with Crippen LogP contribution in [0.2, 0.25) is 0 Å². The lowest BCUT2D eigenvalue weighted by atomic mass is 10.1. The third kappa shape index (κ3) is 6.22. The predicted molar refractivity (Wildman–Crippen MR) is 119 cm³/mol. The summed E-state index contributed by atoms with van der Waals surface area (Å²) >= 11 is 1.72. The summed E-state index contributed by atoms with van der Waals surface area (Å²) in [5.74, 6) is 1.24. The van der Waals surface area contributed by atoms with Crippen molar-refractivity contribution in [2.24, 2.45) is 4.99 Å². The van der Waals surface area contributed by atoms with Gasteiger partial charge in [-0.25, -0.2) is 4.99 Å². The summed E-state index contributed by atoms with van der Waals surface area (Å²) in [7, 11) is 0. The maximum atomic E-state index is 12.0. The quantitative estimate of drug-likeness (QED) is 0.379. The number of hydrogen-bond acceptors (Lipinski definition) is 4. The normalized spacial score (nSPS) is 12.4. The minimum Gasteiger partial charge on any atom is -0.459 e. The number of thiophene rings is 1. The second kappa shape index (κ2) is 10.5. The maximum absolute atomic E-state index is 12.0. The van der Waals surface area contributed by atoms with Crippen molar-refractivity contribution in [2.75, 3.05) is 18.4 Å². The van der Waals surface area contributed by atoms with E-state index in [-0.39, 0.29) is 11.7 Å². The third-order valence-corrected chi connectivity index (χ3v) is 5.11. The van der Waals surface area contributed by atoms with Crippen LogP contribution in [0, 0.1) is 0 Å².